The highest BCUT2D eigenvalue weighted by molar-refractivity contribution is 5.76. The third-order valence-corrected chi connectivity index (χ3v) is 5.86. The number of rotatable bonds is 10. The van der Waals surface area contributed by atoms with Gasteiger partial charge in [-0.3, -0.25) is 14.7 Å². The first-order chi connectivity index (χ1) is 15.5. The van der Waals surface area contributed by atoms with Gasteiger partial charge in [-0.25, -0.2) is 0 Å². The molecule has 1 saturated heterocycles. The number of hydrogen-bond acceptors (Lipinski definition) is 5. The second-order valence-electron chi connectivity index (χ2n) is 8.95. The van der Waals surface area contributed by atoms with Crippen LogP contribution in [0.25, 0.3) is 0 Å². The van der Waals surface area contributed by atoms with Crippen molar-refractivity contribution in [2.75, 3.05) is 26.8 Å². The van der Waals surface area contributed by atoms with Crippen molar-refractivity contribution in [1.29, 1.82) is 0 Å². The molecule has 1 aromatic carbocycles. The topological polar surface area (TPSA) is 63.7 Å². The summed E-state index contributed by atoms with van der Waals surface area (Å²) in [5.41, 5.74) is 2.14. The number of pyridine rings is 1. The zero-order valence-corrected chi connectivity index (χ0v) is 19.8. The number of benzene rings is 1. The van der Waals surface area contributed by atoms with Crippen LogP contribution < -0.4 is 14.8 Å². The number of carbonyl (C=O) groups excluding carboxylic acids is 1. The van der Waals surface area contributed by atoms with Crippen LogP contribution >= 0.6 is 0 Å². The average molecular weight is 440 g/mol. The Bertz CT molecular complexity index is 857. The SMILES string of the molecule is CCOc1ccc(CN2CCC[C@H]([C@H](NC(=O)CC(C)C)c3ccccn3)C2)cc1OC. The summed E-state index contributed by atoms with van der Waals surface area (Å²) in [6, 6.07) is 12.0. The van der Waals surface area contributed by atoms with E-state index in [0.29, 0.717) is 24.9 Å². The highest BCUT2D eigenvalue weighted by atomic mass is 16.5. The quantitative estimate of drug-likeness (QED) is 0.586. The van der Waals surface area contributed by atoms with Gasteiger partial charge in [-0.2, -0.15) is 0 Å². The van der Waals surface area contributed by atoms with Gasteiger partial charge in [0.05, 0.1) is 25.5 Å². The van der Waals surface area contributed by atoms with E-state index in [0.717, 1.165) is 49.7 Å². The maximum atomic E-state index is 12.6. The molecule has 0 saturated carbocycles. The van der Waals surface area contributed by atoms with Crippen LogP contribution in [0.15, 0.2) is 42.6 Å². The number of carbonyl (C=O) groups is 1. The number of likely N-dealkylation sites (tertiary alicyclic amines) is 1. The van der Waals surface area contributed by atoms with Crippen molar-refractivity contribution in [2.45, 2.75) is 52.6 Å². The van der Waals surface area contributed by atoms with Gasteiger partial charge in [0, 0.05) is 25.7 Å². The van der Waals surface area contributed by atoms with E-state index < -0.39 is 0 Å². The lowest BCUT2D eigenvalue weighted by atomic mass is 9.88. The summed E-state index contributed by atoms with van der Waals surface area (Å²) >= 11 is 0. The van der Waals surface area contributed by atoms with E-state index in [-0.39, 0.29) is 11.9 Å². The predicted octanol–water partition coefficient (Wildman–Crippen LogP) is 4.60. The molecule has 1 aliphatic rings. The standard InChI is InChI=1S/C26H37N3O3/c1-5-32-23-12-11-20(16-24(23)31-4)17-29-14-8-9-21(18-29)26(22-10-6-7-13-27-22)28-25(30)15-19(2)3/h6-7,10-13,16,19,21,26H,5,8-9,14-15,17-18H2,1-4H3,(H,28,30)/t21-,26-/m0/s1. The Balaban J connectivity index is 1.72. The molecular formula is C26H37N3O3. The maximum Gasteiger partial charge on any atom is 0.220 e. The summed E-state index contributed by atoms with van der Waals surface area (Å²) in [7, 11) is 1.68. The van der Waals surface area contributed by atoms with E-state index in [1.807, 2.05) is 37.4 Å². The van der Waals surface area contributed by atoms with E-state index in [1.165, 1.54) is 5.56 Å². The minimum Gasteiger partial charge on any atom is -0.493 e. The van der Waals surface area contributed by atoms with Crippen LogP contribution in [-0.4, -0.2) is 42.6 Å². The monoisotopic (exact) mass is 439 g/mol. The number of aromatic nitrogens is 1. The minimum atomic E-state index is -0.0693. The molecule has 0 spiro atoms. The van der Waals surface area contributed by atoms with Crippen LogP contribution in [0.1, 0.15) is 57.3 Å². The molecule has 2 atom stereocenters. The molecule has 1 amide bonds. The van der Waals surface area contributed by atoms with Crippen molar-refractivity contribution < 1.29 is 14.3 Å². The summed E-state index contributed by atoms with van der Waals surface area (Å²) < 4.78 is 11.2. The molecule has 0 aliphatic carbocycles. The molecule has 32 heavy (non-hydrogen) atoms. The number of amides is 1. The highest BCUT2D eigenvalue weighted by Crippen LogP contribution is 2.32. The lowest BCUT2D eigenvalue weighted by Gasteiger charge is -2.37. The van der Waals surface area contributed by atoms with E-state index >= 15 is 0 Å². The van der Waals surface area contributed by atoms with Crippen LogP contribution in [0.5, 0.6) is 11.5 Å². The number of nitrogens with one attached hydrogen (secondary N) is 1. The number of methoxy groups -OCH3 is 1. The Labute approximate surface area is 192 Å². The zero-order valence-electron chi connectivity index (χ0n) is 19.8. The van der Waals surface area contributed by atoms with Gasteiger partial charge in [-0.15, -0.1) is 0 Å². The van der Waals surface area contributed by atoms with Crippen LogP contribution in [0, 0.1) is 11.8 Å². The molecule has 0 unspecified atom stereocenters. The minimum absolute atomic E-state index is 0.0693. The molecule has 0 bridgehead atoms. The molecule has 1 aliphatic heterocycles. The van der Waals surface area contributed by atoms with Crippen molar-refractivity contribution in [3.05, 3.63) is 53.9 Å². The Morgan fingerprint density at radius 3 is 2.78 bits per heavy atom. The first-order valence-corrected chi connectivity index (χ1v) is 11.7. The largest absolute Gasteiger partial charge is 0.493 e. The van der Waals surface area contributed by atoms with Crippen LogP contribution in [0.2, 0.25) is 0 Å². The summed E-state index contributed by atoms with van der Waals surface area (Å²) in [4.78, 5) is 19.7. The highest BCUT2D eigenvalue weighted by Gasteiger charge is 2.30. The van der Waals surface area contributed by atoms with Gasteiger partial charge in [0.1, 0.15) is 0 Å². The number of nitrogens with zero attached hydrogens (tertiary/aromatic N) is 2. The summed E-state index contributed by atoms with van der Waals surface area (Å²) in [6.07, 6.45) is 4.52. The van der Waals surface area contributed by atoms with E-state index in [1.54, 1.807) is 7.11 Å². The fourth-order valence-corrected chi connectivity index (χ4v) is 4.45. The molecule has 0 radical (unpaired) electrons. The van der Waals surface area contributed by atoms with Gasteiger partial charge in [-0.05, 0) is 68.0 Å². The van der Waals surface area contributed by atoms with Gasteiger partial charge in [0.15, 0.2) is 11.5 Å². The van der Waals surface area contributed by atoms with E-state index in [4.69, 9.17) is 9.47 Å². The maximum absolute atomic E-state index is 12.6. The molecule has 2 aromatic rings. The molecule has 174 valence electrons. The molecule has 3 rings (SSSR count). The molecule has 6 heteroatoms. The van der Waals surface area contributed by atoms with Crippen molar-refractivity contribution in [3.63, 3.8) is 0 Å². The van der Waals surface area contributed by atoms with Crippen LogP contribution in [-0.2, 0) is 11.3 Å². The molecule has 1 aromatic heterocycles. The predicted molar refractivity (Wildman–Crippen MR) is 127 cm³/mol. The smallest absolute Gasteiger partial charge is 0.220 e. The molecule has 6 nitrogen and oxygen atoms in total. The Hall–Kier alpha value is -2.60. The molecule has 1 N–H and O–H groups in total. The normalized spacial score (nSPS) is 17.7. The lowest BCUT2D eigenvalue weighted by molar-refractivity contribution is -0.123. The van der Waals surface area contributed by atoms with Gasteiger partial charge in [0.25, 0.3) is 0 Å². The van der Waals surface area contributed by atoms with E-state index in [9.17, 15) is 4.79 Å². The van der Waals surface area contributed by atoms with E-state index in [2.05, 4.69) is 41.2 Å². The zero-order chi connectivity index (χ0) is 22.9. The first-order valence-electron chi connectivity index (χ1n) is 11.7. The molecule has 1 fully saturated rings. The lowest BCUT2D eigenvalue weighted by Crippen LogP contribution is -2.43. The number of ether oxygens (including phenoxy) is 2. The first kappa shape index (κ1) is 24.1. The average Bonchev–Trinajstić information content (AvgIpc) is 2.79. The van der Waals surface area contributed by atoms with Crippen molar-refractivity contribution in [1.82, 2.24) is 15.2 Å². The summed E-state index contributed by atoms with van der Waals surface area (Å²) in [6.45, 7) is 9.53. The summed E-state index contributed by atoms with van der Waals surface area (Å²) in [5, 5.41) is 3.29. The van der Waals surface area contributed by atoms with Crippen molar-refractivity contribution in [3.8, 4) is 11.5 Å². The van der Waals surface area contributed by atoms with Crippen molar-refractivity contribution in [2.24, 2.45) is 11.8 Å². The second-order valence-corrected chi connectivity index (χ2v) is 8.95. The van der Waals surface area contributed by atoms with Crippen molar-refractivity contribution >= 4 is 5.91 Å². The Kier molecular flexibility index (Phi) is 8.91. The third-order valence-electron chi connectivity index (χ3n) is 5.86. The van der Waals surface area contributed by atoms with Gasteiger partial charge >= 0.3 is 0 Å². The Morgan fingerprint density at radius 1 is 1.25 bits per heavy atom. The summed E-state index contributed by atoms with van der Waals surface area (Å²) in [5.74, 6) is 2.30. The van der Waals surface area contributed by atoms with Gasteiger partial charge in [0.2, 0.25) is 5.91 Å². The fourth-order valence-electron chi connectivity index (χ4n) is 4.45. The Morgan fingerprint density at radius 2 is 2.09 bits per heavy atom. The van der Waals surface area contributed by atoms with Crippen LogP contribution in [0.3, 0.4) is 0 Å². The third kappa shape index (κ3) is 6.70. The van der Waals surface area contributed by atoms with Gasteiger partial charge < -0.3 is 14.8 Å². The molecule has 2 heterocycles. The second kappa shape index (κ2) is 11.9. The number of hydrogen-bond donors (Lipinski definition) is 1. The fraction of sp³-hybridized carbons (Fsp3) is 0.538. The van der Waals surface area contributed by atoms with Crippen LogP contribution in [0.4, 0.5) is 0 Å². The number of piperidine rings is 1. The van der Waals surface area contributed by atoms with Gasteiger partial charge in [-0.1, -0.05) is 26.0 Å². The molecular weight excluding hydrogens is 402 g/mol.